The van der Waals surface area contributed by atoms with Crippen LogP contribution in [0.4, 0.5) is 0 Å². The van der Waals surface area contributed by atoms with Crippen molar-refractivity contribution in [2.75, 3.05) is 27.7 Å². The van der Waals surface area contributed by atoms with Crippen LogP contribution in [0.25, 0.3) is 5.57 Å². The van der Waals surface area contributed by atoms with E-state index in [0.717, 1.165) is 10.9 Å². The van der Waals surface area contributed by atoms with Gasteiger partial charge in [-0.1, -0.05) is 60.7 Å². The zero-order chi connectivity index (χ0) is 16.3. The smallest absolute Gasteiger partial charge is 0.0815 e. The Morgan fingerprint density at radius 3 is 2.00 bits per heavy atom. The number of hydrogen-bond donors (Lipinski definition) is 0. The van der Waals surface area contributed by atoms with Crippen LogP contribution in [-0.4, -0.2) is 37.6 Å². The summed E-state index contributed by atoms with van der Waals surface area (Å²) in [5.74, 6) is 0.627. The molecular formula is C22H29NO. The molecule has 0 bridgehead atoms. The molecule has 0 atom stereocenters. The Hall–Kier alpha value is -1.90. The summed E-state index contributed by atoms with van der Waals surface area (Å²) in [6, 6.07) is 19.9. The van der Waals surface area contributed by atoms with Crippen LogP contribution in [0, 0.1) is 5.92 Å². The third kappa shape index (κ3) is 4.56. The van der Waals surface area contributed by atoms with Gasteiger partial charge in [0.15, 0.2) is 0 Å². The average Bonchev–Trinajstić information content (AvgIpc) is 2.95. The Balaban J connectivity index is 0.00000208. The van der Waals surface area contributed by atoms with Crippen molar-refractivity contribution in [2.24, 2.45) is 5.92 Å². The molecule has 0 heterocycles. The molecule has 0 aromatic heterocycles. The standard InChI is InChI=1S/C22H28N.H2O/c1-23(2,3)15-9-14-22(18-10-5-4-6-11-18)21-16-19-12-7-8-13-20(19)17-21;/h4-8,10-14,21H,9,15-17H2,1-3H3;1H2/q+1;/p-1. The third-order valence-electron chi connectivity index (χ3n) is 4.76. The first-order valence-electron chi connectivity index (χ1n) is 8.66. The number of nitrogens with zero attached hydrogens (tertiary/aromatic N) is 1. The fourth-order valence-corrected chi connectivity index (χ4v) is 3.54. The molecule has 1 N–H and O–H groups in total. The predicted molar refractivity (Wildman–Crippen MR) is 101 cm³/mol. The summed E-state index contributed by atoms with van der Waals surface area (Å²) in [6.07, 6.45) is 6.00. The molecule has 24 heavy (non-hydrogen) atoms. The molecule has 2 heteroatoms. The minimum Gasteiger partial charge on any atom is -0.870 e. The highest BCUT2D eigenvalue weighted by Gasteiger charge is 2.24. The minimum absolute atomic E-state index is 0. The van der Waals surface area contributed by atoms with Crippen molar-refractivity contribution in [3.8, 4) is 0 Å². The summed E-state index contributed by atoms with van der Waals surface area (Å²) in [5, 5.41) is 0. The number of allylic oxidation sites excluding steroid dienone is 1. The van der Waals surface area contributed by atoms with Crippen LogP contribution in [0.5, 0.6) is 0 Å². The Bertz CT molecular complexity index is 658. The zero-order valence-corrected chi connectivity index (χ0v) is 15.1. The molecule has 1 aliphatic carbocycles. The highest BCUT2D eigenvalue weighted by Crippen LogP contribution is 2.36. The van der Waals surface area contributed by atoms with Gasteiger partial charge in [-0.15, -0.1) is 0 Å². The Morgan fingerprint density at radius 2 is 1.46 bits per heavy atom. The van der Waals surface area contributed by atoms with Crippen molar-refractivity contribution in [3.05, 3.63) is 77.4 Å². The molecule has 2 nitrogen and oxygen atoms in total. The number of quaternary nitrogens is 1. The molecule has 0 saturated carbocycles. The van der Waals surface area contributed by atoms with E-state index in [2.05, 4.69) is 81.8 Å². The lowest BCUT2D eigenvalue weighted by molar-refractivity contribution is -0.869. The van der Waals surface area contributed by atoms with Gasteiger partial charge in [-0.25, -0.2) is 0 Å². The molecule has 0 fully saturated rings. The van der Waals surface area contributed by atoms with E-state index < -0.39 is 0 Å². The van der Waals surface area contributed by atoms with E-state index in [-0.39, 0.29) is 5.48 Å². The highest BCUT2D eigenvalue weighted by molar-refractivity contribution is 5.69. The first-order valence-corrected chi connectivity index (χ1v) is 8.66. The van der Waals surface area contributed by atoms with Crippen molar-refractivity contribution in [1.82, 2.24) is 0 Å². The fraction of sp³-hybridized carbons (Fsp3) is 0.364. The van der Waals surface area contributed by atoms with Crippen molar-refractivity contribution < 1.29 is 9.96 Å². The number of fused-ring (bicyclic) bond motifs is 1. The van der Waals surface area contributed by atoms with Crippen molar-refractivity contribution in [2.45, 2.75) is 19.3 Å². The average molecular weight is 323 g/mol. The van der Waals surface area contributed by atoms with E-state index in [0.29, 0.717) is 5.92 Å². The Kier molecular flexibility index (Phi) is 5.98. The molecule has 0 radical (unpaired) electrons. The van der Waals surface area contributed by atoms with E-state index in [1.165, 1.54) is 41.6 Å². The van der Waals surface area contributed by atoms with Crippen LogP contribution in [0.3, 0.4) is 0 Å². The van der Waals surface area contributed by atoms with Gasteiger partial charge in [-0.05, 0) is 41.0 Å². The monoisotopic (exact) mass is 323 g/mol. The molecule has 3 rings (SSSR count). The first-order chi connectivity index (χ1) is 11.0. The first kappa shape index (κ1) is 18.4. The number of rotatable bonds is 5. The fourth-order valence-electron chi connectivity index (χ4n) is 3.54. The molecule has 2 aromatic rings. The molecule has 0 aliphatic heterocycles. The SMILES string of the molecule is C[N+](C)(C)CCC=C(c1ccccc1)C1Cc2ccccc2C1.[OH-]. The van der Waals surface area contributed by atoms with Gasteiger partial charge in [0, 0.05) is 6.42 Å². The number of hydrogen-bond acceptors (Lipinski definition) is 1. The normalized spacial score (nSPS) is 15.0. The van der Waals surface area contributed by atoms with E-state index >= 15 is 0 Å². The third-order valence-corrected chi connectivity index (χ3v) is 4.76. The quantitative estimate of drug-likeness (QED) is 0.750. The van der Waals surface area contributed by atoms with Crippen LogP contribution in [0.15, 0.2) is 60.7 Å². The largest absolute Gasteiger partial charge is 0.870 e. The lowest BCUT2D eigenvalue weighted by Gasteiger charge is -2.23. The topological polar surface area (TPSA) is 30.0 Å². The second-order valence-electron chi connectivity index (χ2n) is 7.70. The van der Waals surface area contributed by atoms with E-state index in [4.69, 9.17) is 0 Å². The maximum absolute atomic E-state index is 2.50. The summed E-state index contributed by atoms with van der Waals surface area (Å²) in [6.45, 7) is 1.18. The molecule has 0 unspecified atom stereocenters. The van der Waals surface area contributed by atoms with Gasteiger partial charge in [-0.2, -0.15) is 0 Å². The van der Waals surface area contributed by atoms with Crippen LogP contribution in [-0.2, 0) is 12.8 Å². The Morgan fingerprint density at radius 1 is 0.917 bits per heavy atom. The zero-order valence-electron chi connectivity index (χ0n) is 15.1. The van der Waals surface area contributed by atoms with Crippen molar-refractivity contribution in [1.29, 1.82) is 0 Å². The molecule has 0 spiro atoms. The summed E-state index contributed by atoms with van der Waals surface area (Å²) in [5.41, 5.74) is 6.00. The molecule has 1 aliphatic rings. The van der Waals surface area contributed by atoms with Gasteiger partial charge in [0.1, 0.15) is 0 Å². The maximum atomic E-state index is 2.50. The van der Waals surface area contributed by atoms with Crippen LogP contribution >= 0.6 is 0 Å². The van der Waals surface area contributed by atoms with Gasteiger partial charge in [0.05, 0.1) is 27.7 Å². The molecule has 0 amide bonds. The van der Waals surface area contributed by atoms with Crippen molar-refractivity contribution in [3.63, 3.8) is 0 Å². The van der Waals surface area contributed by atoms with Gasteiger partial charge in [-0.3, -0.25) is 0 Å². The maximum Gasteiger partial charge on any atom is 0.0815 e. The van der Waals surface area contributed by atoms with E-state index in [1.54, 1.807) is 0 Å². The lowest BCUT2D eigenvalue weighted by Crippen LogP contribution is -2.35. The van der Waals surface area contributed by atoms with Gasteiger partial charge < -0.3 is 9.96 Å². The summed E-state index contributed by atoms with van der Waals surface area (Å²) >= 11 is 0. The van der Waals surface area contributed by atoms with Crippen LogP contribution in [0.1, 0.15) is 23.1 Å². The van der Waals surface area contributed by atoms with Gasteiger partial charge in [0.25, 0.3) is 0 Å². The molecule has 128 valence electrons. The predicted octanol–water partition coefficient (Wildman–Crippen LogP) is 4.40. The second kappa shape index (κ2) is 7.78. The molecule has 2 aromatic carbocycles. The summed E-state index contributed by atoms with van der Waals surface area (Å²) in [4.78, 5) is 0. The molecule has 0 saturated heterocycles. The van der Waals surface area contributed by atoms with Crippen molar-refractivity contribution >= 4 is 5.57 Å². The van der Waals surface area contributed by atoms with Crippen LogP contribution < -0.4 is 0 Å². The second-order valence-corrected chi connectivity index (χ2v) is 7.70. The van der Waals surface area contributed by atoms with Crippen LogP contribution in [0.2, 0.25) is 0 Å². The Labute approximate surface area is 146 Å². The van der Waals surface area contributed by atoms with Gasteiger partial charge in [0.2, 0.25) is 0 Å². The minimum atomic E-state index is 0. The molecular weight excluding hydrogens is 294 g/mol. The lowest BCUT2D eigenvalue weighted by atomic mass is 9.89. The number of benzene rings is 2. The van der Waals surface area contributed by atoms with E-state index in [9.17, 15) is 0 Å². The van der Waals surface area contributed by atoms with E-state index in [1.807, 2.05) is 0 Å². The van der Waals surface area contributed by atoms with Gasteiger partial charge >= 0.3 is 0 Å². The summed E-state index contributed by atoms with van der Waals surface area (Å²) < 4.78 is 1.02. The summed E-state index contributed by atoms with van der Waals surface area (Å²) in [7, 11) is 6.80. The highest BCUT2D eigenvalue weighted by atomic mass is 16.0.